The van der Waals surface area contributed by atoms with Crippen LogP contribution in [0, 0.1) is 0 Å². The third-order valence-corrected chi connectivity index (χ3v) is 3.44. The van der Waals surface area contributed by atoms with Crippen LogP contribution < -0.4 is 5.73 Å². The lowest BCUT2D eigenvalue weighted by molar-refractivity contribution is -0.138. The van der Waals surface area contributed by atoms with Crippen molar-refractivity contribution in [2.45, 2.75) is 25.4 Å². The van der Waals surface area contributed by atoms with Gasteiger partial charge in [0.25, 0.3) is 0 Å². The Morgan fingerprint density at radius 1 is 1.53 bits per heavy atom. The predicted molar refractivity (Wildman–Crippen MR) is 65.0 cm³/mol. The molecule has 0 saturated heterocycles. The van der Waals surface area contributed by atoms with E-state index in [4.69, 9.17) is 10.8 Å². The van der Waals surface area contributed by atoms with Gasteiger partial charge in [-0.05, 0) is 17.5 Å². The Hall–Kier alpha value is -1.81. The zero-order chi connectivity index (χ0) is 12.0. The Morgan fingerprint density at radius 2 is 2.35 bits per heavy atom. The number of nitrogens with two attached hydrogens (primary N) is 1. The number of aryl methyl sites for hydroxylation is 2. The number of hydrogen-bond acceptors (Lipinski definition) is 2. The monoisotopic (exact) mass is 230 g/mol. The van der Waals surface area contributed by atoms with E-state index in [2.05, 4.69) is 10.6 Å². The highest BCUT2D eigenvalue weighted by Gasteiger charge is 2.20. The maximum absolute atomic E-state index is 10.8. The summed E-state index contributed by atoms with van der Waals surface area (Å²) in [5.74, 6) is -0.945. The normalized spacial score (nSPS) is 15.4. The van der Waals surface area contributed by atoms with Crippen molar-refractivity contribution in [2.24, 2.45) is 5.73 Å². The van der Waals surface area contributed by atoms with E-state index < -0.39 is 12.0 Å². The van der Waals surface area contributed by atoms with Crippen LogP contribution in [0.4, 0.5) is 0 Å². The molecule has 0 spiro atoms. The van der Waals surface area contributed by atoms with E-state index in [1.807, 2.05) is 18.3 Å². The molecule has 0 saturated carbocycles. The Bertz CT molecular complexity index is 601. The molecule has 3 N–H and O–H groups in total. The molecular weight excluding hydrogens is 216 g/mol. The first kappa shape index (κ1) is 10.4. The first-order valence-electron chi connectivity index (χ1n) is 5.75. The number of hydrogen-bond donors (Lipinski definition) is 2. The topological polar surface area (TPSA) is 68.2 Å². The predicted octanol–water partition coefficient (Wildman–Crippen LogP) is 1.15. The average Bonchev–Trinajstić information content (AvgIpc) is 2.86. The van der Waals surface area contributed by atoms with Gasteiger partial charge in [0.2, 0.25) is 0 Å². The van der Waals surface area contributed by atoms with Crippen molar-refractivity contribution in [1.82, 2.24) is 4.57 Å². The Labute approximate surface area is 98.6 Å². The molecule has 3 rings (SSSR count). The van der Waals surface area contributed by atoms with Crippen LogP contribution >= 0.6 is 0 Å². The van der Waals surface area contributed by atoms with Gasteiger partial charge in [0.05, 0.1) is 5.52 Å². The van der Waals surface area contributed by atoms with Crippen molar-refractivity contribution in [1.29, 1.82) is 0 Å². The van der Waals surface area contributed by atoms with E-state index in [0.717, 1.165) is 23.9 Å². The first-order chi connectivity index (χ1) is 8.16. The molecule has 1 unspecified atom stereocenters. The molecule has 0 fully saturated rings. The standard InChI is InChI=1S/C13H14N2O2/c14-11(13(16)17)6-9-7-15-5-4-8-2-1-3-10(9)12(8)15/h1-3,7,11H,4-6,14H2,(H,16,17). The van der Waals surface area contributed by atoms with Crippen molar-refractivity contribution in [3.8, 4) is 0 Å². The van der Waals surface area contributed by atoms with Crippen LogP contribution in [0.3, 0.4) is 0 Å². The minimum absolute atomic E-state index is 0.391. The van der Waals surface area contributed by atoms with Crippen LogP contribution in [0.15, 0.2) is 24.4 Å². The van der Waals surface area contributed by atoms with Crippen LogP contribution in [0.2, 0.25) is 0 Å². The molecule has 0 aliphatic carbocycles. The van der Waals surface area contributed by atoms with Crippen molar-refractivity contribution in [3.05, 3.63) is 35.5 Å². The summed E-state index contributed by atoms with van der Waals surface area (Å²) >= 11 is 0. The van der Waals surface area contributed by atoms with Gasteiger partial charge in [-0.2, -0.15) is 0 Å². The number of carboxylic acid groups (broad SMARTS) is 1. The second-order valence-corrected chi connectivity index (χ2v) is 4.56. The number of rotatable bonds is 3. The lowest BCUT2D eigenvalue weighted by atomic mass is 10.0. The van der Waals surface area contributed by atoms with Crippen molar-refractivity contribution in [3.63, 3.8) is 0 Å². The summed E-state index contributed by atoms with van der Waals surface area (Å²) in [5.41, 5.74) is 9.23. The molecule has 1 aromatic heterocycles. The molecule has 1 aliphatic rings. The second-order valence-electron chi connectivity index (χ2n) is 4.56. The van der Waals surface area contributed by atoms with Gasteiger partial charge in [-0.1, -0.05) is 18.2 Å². The van der Waals surface area contributed by atoms with Gasteiger partial charge in [-0.15, -0.1) is 0 Å². The van der Waals surface area contributed by atoms with Gasteiger partial charge in [-0.25, -0.2) is 0 Å². The lowest BCUT2D eigenvalue weighted by Gasteiger charge is -2.05. The molecule has 1 aliphatic heterocycles. The lowest BCUT2D eigenvalue weighted by Crippen LogP contribution is -2.32. The van der Waals surface area contributed by atoms with Gasteiger partial charge < -0.3 is 15.4 Å². The van der Waals surface area contributed by atoms with E-state index in [1.54, 1.807) is 0 Å². The summed E-state index contributed by atoms with van der Waals surface area (Å²) in [6, 6.07) is 5.39. The number of nitrogens with zero attached hydrogens (tertiary/aromatic N) is 1. The Morgan fingerprint density at radius 3 is 3.12 bits per heavy atom. The van der Waals surface area contributed by atoms with Crippen LogP contribution in [-0.4, -0.2) is 21.7 Å². The van der Waals surface area contributed by atoms with Gasteiger partial charge in [0.15, 0.2) is 0 Å². The molecule has 17 heavy (non-hydrogen) atoms. The van der Waals surface area contributed by atoms with Gasteiger partial charge in [0.1, 0.15) is 6.04 Å². The fraction of sp³-hybridized carbons (Fsp3) is 0.308. The maximum Gasteiger partial charge on any atom is 0.320 e. The van der Waals surface area contributed by atoms with Gasteiger partial charge >= 0.3 is 5.97 Å². The summed E-state index contributed by atoms with van der Waals surface area (Å²) < 4.78 is 2.20. The highest BCUT2D eigenvalue weighted by atomic mass is 16.4. The van der Waals surface area contributed by atoms with Crippen LogP contribution in [0.25, 0.3) is 10.9 Å². The minimum atomic E-state index is -0.945. The highest BCUT2D eigenvalue weighted by molar-refractivity contribution is 5.88. The summed E-state index contributed by atoms with van der Waals surface area (Å²) in [5, 5.41) is 10.0. The first-order valence-corrected chi connectivity index (χ1v) is 5.75. The zero-order valence-corrected chi connectivity index (χ0v) is 9.39. The third-order valence-electron chi connectivity index (χ3n) is 3.44. The molecule has 1 atom stereocenters. The van der Waals surface area contributed by atoms with Crippen LogP contribution in [-0.2, 0) is 24.2 Å². The molecule has 4 nitrogen and oxygen atoms in total. The minimum Gasteiger partial charge on any atom is -0.480 e. The van der Waals surface area contributed by atoms with Gasteiger partial charge in [0, 0.05) is 24.5 Å². The SMILES string of the molecule is NC(Cc1cn2c3c(cccc13)CC2)C(=O)O. The van der Waals surface area contributed by atoms with E-state index in [-0.39, 0.29) is 0 Å². The Balaban J connectivity index is 2.07. The molecule has 2 aromatic rings. The molecule has 0 amide bonds. The average molecular weight is 230 g/mol. The quantitative estimate of drug-likeness (QED) is 0.831. The second kappa shape index (κ2) is 3.60. The number of carboxylic acids is 1. The van der Waals surface area contributed by atoms with Crippen molar-refractivity contribution >= 4 is 16.9 Å². The summed E-state index contributed by atoms with van der Waals surface area (Å²) in [6.07, 6.45) is 3.50. The van der Waals surface area contributed by atoms with Gasteiger partial charge in [-0.3, -0.25) is 4.79 Å². The Kier molecular flexibility index (Phi) is 2.19. The number of carbonyl (C=O) groups is 1. The summed E-state index contributed by atoms with van der Waals surface area (Å²) in [6.45, 7) is 0.984. The molecule has 2 heterocycles. The van der Waals surface area contributed by atoms with Crippen molar-refractivity contribution in [2.75, 3.05) is 0 Å². The van der Waals surface area contributed by atoms with E-state index in [9.17, 15) is 4.79 Å². The molecule has 88 valence electrons. The number of para-hydroxylation sites is 1. The smallest absolute Gasteiger partial charge is 0.320 e. The number of aliphatic carboxylic acids is 1. The third kappa shape index (κ3) is 1.52. The highest BCUT2D eigenvalue weighted by Crippen LogP contribution is 2.30. The zero-order valence-electron chi connectivity index (χ0n) is 9.39. The van der Waals surface area contributed by atoms with E-state index in [0.29, 0.717) is 6.42 Å². The van der Waals surface area contributed by atoms with Crippen LogP contribution in [0.1, 0.15) is 11.1 Å². The largest absolute Gasteiger partial charge is 0.480 e. The molecule has 0 bridgehead atoms. The fourth-order valence-corrected chi connectivity index (χ4v) is 2.62. The molecule has 4 heteroatoms. The maximum atomic E-state index is 10.8. The van der Waals surface area contributed by atoms with E-state index >= 15 is 0 Å². The number of aromatic nitrogens is 1. The van der Waals surface area contributed by atoms with Crippen molar-refractivity contribution < 1.29 is 9.90 Å². The molecule has 0 radical (unpaired) electrons. The fourth-order valence-electron chi connectivity index (χ4n) is 2.62. The summed E-state index contributed by atoms with van der Waals surface area (Å²) in [7, 11) is 0. The number of benzene rings is 1. The van der Waals surface area contributed by atoms with E-state index in [1.165, 1.54) is 11.1 Å². The summed E-state index contributed by atoms with van der Waals surface area (Å²) in [4.78, 5) is 10.8. The van der Waals surface area contributed by atoms with Crippen LogP contribution in [0.5, 0.6) is 0 Å². The molecule has 1 aromatic carbocycles. The molecular formula is C13H14N2O2.